The molecule has 3 nitrogen and oxygen atoms in total. The number of aryl methyl sites for hydroxylation is 1. The van der Waals surface area contributed by atoms with Crippen LogP contribution in [-0.4, -0.2) is 14.7 Å². The summed E-state index contributed by atoms with van der Waals surface area (Å²) < 4.78 is 65.4. The van der Waals surface area contributed by atoms with Crippen molar-refractivity contribution < 1.29 is 25.8 Å². The number of benzene rings is 1. The summed E-state index contributed by atoms with van der Waals surface area (Å²) >= 11 is 0. The van der Waals surface area contributed by atoms with Crippen LogP contribution in [0.2, 0.25) is 0 Å². The monoisotopic (exact) mass is 308 g/mol. The summed E-state index contributed by atoms with van der Waals surface area (Å²) in [6.07, 6.45) is -3.17. The molecule has 0 saturated carbocycles. The molecule has 0 fully saturated rings. The Morgan fingerprint density at radius 1 is 1.35 bits per heavy atom. The van der Waals surface area contributed by atoms with Crippen LogP contribution in [0.4, 0.5) is 13.2 Å². The van der Waals surface area contributed by atoms with Gasteiger partial charge in [-0.05, 0) is 31.0 Å². The van der Waals surface area contributed by atoms with Gasteiger partial charge in [0, 0.05) is 0 Å². The largest absolute Gasteiger partial charge is 0.416 e. The normalized spacial score (nSPS) is 14.1. The minimum Gasteiger partial charge on any atom is -0.262 e. The van der Waals surface area contributed by atoms with Gasteiger partial charge in [-0.3, -0.25) is 4.18 Å². The summed E-state index contributed by atoms with van der Waals surface area (Å²) in [4.78, 5) is 0. The van der Waals surface area contributed by atoms with Gasteiger partial charge in [0.25, 0.3) is 10.1 Å². The first-order valence-corrected chi connectivity index (χ1v) is 7.52. The smallest absolute Gasteiger partial charge is 0.262 e. The van der Waals surface area contributed by atoms with Crippen LogP contribution in [0.25, 0.3) is 0 Å². The highest BCUT2D eigenvalue weighted by atomic mass is 32.2. The summed E-state index contributed by atoms with van der Waals surface area (Å²) in [7, 11) is -3.78. The van der Waals surface area contributed by atoms with Crippen molar-refractivity contribution in [1.82, 2.24) is 0 Å². The lowest BCUT2D eigenvalue weighted by atomic mass is 10.0. The lowest BCUT2D eigenvalue weighted by molar-refractivity contribution is -0.137. The fraction of sp³-hybridized carbons (Fsp3) is 0.385. The SMILES string of the molecule is C=CCC(OS(C)(=O)=O)c1cc(C)cc(C(F)(F)F)c1. The van der Waals surface area contributed by atoms with Crippen LogP contribution < -0.4 is 0 Å². The molecule has 0 aliphatic rings. The molecule has 1 aromatic rings. The highest BCUT2D eigenvalue weighted by Crippen LogP contribution is 2.33. The van der Waals surface area contributed by atoms with Crippen molar-refractivity contribution in [3.8, 4) is 0 Å². The van der Waals surface area contributed by atoms with Crippen molar-refractivity contribution in [2.45, 2.75) is 25.6 Å². The highest BCUT2D eigenvalue weighted by Gasteiger charge is 2.32. The first-order chi connectivity index (χ1) is 9.03. The third kappa shape index (κ3) is 4.97. The van der Waals surface area contributed by atoms with E-state index < -0.39 is 28.0 Å². The van der Waals surface area contributed by atoms with Gasteiger partial charge in [-0.25, -0.2) is 0 Å². The molecule has 1 unspecified atom stereocenters. The standard InChI is InChI=1S/C13H15F3O3S/c1-4-5-12(19-20(3,17)18)10-6-9(2)7-11(8-10)13(14,15)16/h4,6-8,12H,1,5H2,2-3H3. The fourth-order valence-electron chi connectivity index (χ4n) is 1.76. The van der Waals surface area contributed by atoms with Crippen LogP contribution in [0.15, 0.2) is 30.9 Å². The molecule has 0 aliphatic carbocycles. The second kappa shape index (κ2) is 5.97. The van der Waals surface area contributed by atoms with Crippen LogP contribution in [-0.2, 0) is 20.5 Å². The van der Waals surface area contributed by atoms with Crippen LogP contribution in [0.3, 0.4) is 0 Å². The Morgan fingerprint density at radius 3 is 2.40 bits per heavy atom. The number of rotatable bonds is 5. The summed E-state index contributed by atoms with van der Waals surface area (Å²) in [6, 6.07) is 3.36. The average Bonchev–Trinajstić information content (AvgIpc) is 2.24. The van der Waals surface area contributed by atoms with Gasteiger partial charge in [-0.1, -0.05) is 17.7 Å². The van der Waals surface area contributed by atoms with Gasteiger partial charge in [0.2, 0.25) is 0 Å². The lowest BCUT2D eigenvalue weighted by Crippen LogP contribution is -2.12. The van der Waals surface area contributed by atoms with E-state index in [1.807, 2.05) is 0 Å². The number of hydrogen-bond acceptors (Lipinski definition) is 3. The zero-order valence-corrected chi connectivity index (χ0v) is 11.9. The third-order valence-corrected chi connectivity index (χ3v) is 3.05. The molecule has 1 atom stereocenters. The Balaban J connectivity index is 3.26. The highest BCUT2D eigenvalue weighted by molar-refractivity contribution is 7.86. The van der Waals surface area contributed by atoms with Crippen LogP contribution in [0, 0.1) is 6.92 Å². The summed E-state index contributed by atoms with van der Waals surface area (Å²) in [5.74, 6) is 0. The quantitative estimate of drug-likeness (QED) is 0.616. The molecule has 0 radical (unpaired) electrons. The van der Waals surface area contributed by atoms with Gasteiger partial charge in [0.1, 0.15) is 6.10 Å². The molecule has 0 spiro atoms. The minimum atomic E-state index is -4.50. The van der Waals surface area contributed by atoms with E-state index in [0.717, 1.165) is 18.4 Å². The summed E-state index contributed by atoms with van der Waals surface area (Å²) in [5.41, 5.74) is -0.303. The van der Waals surface area contributed by atoms with Gasteiger partial charge < -0.3 is 0 Å². The molecule has 112 valence electrons. The zero-order valence-electron chi connectivity index (χ0n) is 11.1. The van der Waals surface area contributed by atoms with Crippen molar-refractivity contribution in [2.75, 3.05) is 6.26 Å². The topological polar surface area (TPSA) is 43.4 Å². The van der Waals surface area contributed by atoms with E-state index in [0.29, 0.717) is 5.56 Å². The first kappa shape index (κ1) is 16.7. The van der Waals surface area contributed by atoms with Crippen molar-refractivity contribution in [2.24, 2.45) is 0 Å². The van der Waals surface area contributed by atoms with Crippen LogP contribution >= 0.6 is 0 Å². The second-order valence-electron chi connectivity index (χ2n) is 4.44. The third-order valence-electron chi connectivity index (χ3n) is 2.47. The van der Waals surface area contributed by atoms with E-state index in [-0.39, 0.29) is 12.0 Å². The maximum Gasteiger partial charge on any atom is 0.416 e. The average molecular weight is 308 g/mol. The zero-order chi connectivity index (χ0) is 15.6. The first-order valence-electron chi connectivity index (χ1n) is 5.71. The van der Waals surface area contributed by atoms with Crippen molar-refractivity contribution in [1.29, 1.82) is 0 Å². The molecule has 1 rings (SSSR count). The van der Waals surface area contributed by atoms with E-state index in [1.165, 1.54) is 19.1 Å². The van der Waals surface area contributed by atoms with Gasteiger partial charge in [0.15, 0.2) is 0 Å². The van der Waals surface area contributed by atoms with E-state index >= 15 is 0 Å². The van der Waals surface area contributed by atoms with Crippen molar-refractivity contribution >= 4 is 10.1 Å². The Bertz CT molecular complexity index is 591. The van der Waals surface area contributed by atoms with Gasteiger partial charge in [-0.2, -0.15) is 21.6 Å². The predicted octanol–water partition coefficient (Wildman–Crippen LogP) is 3.61. The number of halogens is 3. The van der Waals surface area contributed by atoms with E-state index in [4.69, 9.17) is 4.18 Å². The van der Waals surface area contributed by atoms with Crippen LogP contribution in [0.5, 0.6) is 0 Å². The Morgan fingerprint density at radius 2 is 1.95 bits per heavy atom. The number of hydrogen-bond donors (Lipinski definition) is 0. The maximum absolute atomic E-state index is 12.8. The number of alkyl halides is 3. The molecule has 0 amide bonds. The predicted molar refractivity (Wildman–Crippen MR) is 69.7 cm³/mol. The molecular weight excluding hydrogens is 293 g/mol. The Kier molecular flexibility index (Phi) is 4.99. The molecule has 0 saturated heterocycles. The maximum atomic E-state index is 12.8. The molecule has 20 heavy (non-hydrogen) atoms. The Hall–Kier alpha value is -1.34. The van der Waals surface area contributed by atoms with Gasteiger partial charge in [0.05, 0.1) is 11.8 Å². The molecule has 0 heterocycles. The second-order valence-corrected chi connectivity index (χ2v) is 6.04. The van der Waals surface area contributed by atoms with Gasteiger partial charge >= 0.3 is 6.18 Å². The minimum absolute atomic E-state index is 0.0911. The lowest BCUT2D eigenvalue weighted by Gasteiger charge is -2.17. The molecular formula is C13H15F3O3S. The molecule has 0 aromatic heterocycles. The van der Waals surface area contributed by atoms with Crippen molar-refractivity contribution in [3.63, 3.8) is 0 Å². The van der Waals surface area contributed by atoms with E-state index in [2.05, 4.69) is 6.58 Å². The molecule has 0 N–H and O–H groups in total. The van der Waals surface area contributed by atoms with Gasteiger partial charge in [-0.15, -0.1) is 6.58 Å². The molecule has 1 aromatic carbocycles. The van der Waals surface area contributed by atoms with Crippen molar-refractivity contribution in [3.05, 3.63) is 47.5 Å². The van der Waals surface area contributed by atoms with Crippen LogP contribution in [0.1, 0.15) is 29.2 Å². The molecule has 0 aliphatic heterocycles. The molecule has 7 heteroatoms. The molecule has 0 bridgehead atoms. The fourth-order valence-corrected chi connectivity index (χ4v) is 2.37. The Labute approximate surface area is 116 Å². The van der Waals surface area contributed by atoms with E-state index in [9.17, 15) is 21.6 Å². The summed E-state index contributed by atoms with van der Waals surface area (Å²) in [6.45, 7) is 4.96. The van der Waals surface area contributed by atoms with E-state index in [1.54, 1.807) is 0 Å². The summed E-state index contributed by atoms with van der Waals surface area (Å²) in [5, 5.41) is 0.